The molecule has 118 valence electrons. The van der Waals surface area contributed by atoms with E-state index in [0.29, 0.717) is 0 Å². The van der Waals surface area contributed by atoms with E-state index in [-0.39, 0.29) is 5.41 Å². The van der Waals surface area contributed by atoms with E-state index in [4.69, 9.17) is 0 Å². The number of hydrogen-bond acceptors (Lipinski definition) is 0. The fraction of sp³-hybridized carbons (Fsp3) is 0.167. The van der Waals surface area contributed by atoms with Crippen LogP contribution in [0.3, 0.4) is 0 Å². The first-order valence-electron chi connectivity index (χ1n) is 8.55. The Bertz CT molecular complexity index is 925. The van der Waals surface area contributed by atoms with Gasteiger partial charge in [-0.2, -0.15) is 0 Å². The van der Waals surface area contributed by atoms with Gasteiger partial charge in [-0.15, -0.1) is 0 Å². The first-order chi connectivity index (χ1) is 11.6. The Balaban J connectivity index is 1.72. The SMILES string of the molecule is Cc1ccc(/C=C/c2ccc3c(c2)C(C)(C)c2ccccc2-3)cc1. The van der Waals surface area contributed by atoms with E-state index in [2.05, 4.69) is 99.7 Å². The molecule has 4 rings (SSSR count). The van der Waals surface area contributed by atoms with Gasteiger partial charge >= 0.3 is 0 Å². The van der Waals surface area contributed by atoms with Crippen molar-refractivity contribution in [2.24, 2.45) is 0 Å². The van der Waals surface area contributed by atoms with Crippen molar-refractivity contribution in [3.63, 3.8) is 0 Å². The fourth-order valence-electron chi connectivity index (χ4n) is 3.70. The predicted octanol–water partition coefficient (Wildman–Crippen LogP) is 6.47. The van der Waals surface area contributed by atoms with Gasteiger partial charge in [-0.1, -0.05) is 98.3 Å². The van der Waals surface area contributed by atoms with Crippen LogP contribution in [-0.4, -0.2) is 0 Å². The zero-order chi connectivity index (χ0) is 16.7. The van der Waals surface area contributed by atoms with E-state index >= 15 is 0 Å². The van der Waals surface area contributed by atoms with Crippen molar-refractivity contribution in [2.75, 3.05) is 0 Å². The van der Waals surface area contributed by atoms with Crippen molar-refractivity contribution in [3.8, 4) is 11.1 Å². The van der Waals surface area contributed by atoms with Gasteiger partial charge in [0.2, 0.25) is 0 Å². The number of benzene rings is 3. The fourth-order valence-corrected chi connectivity index (χ4v) is 3.70. The molecule has 0 saturated heterocycles. The Morgan fingerprint density at radius 2 is 1.29 bits per heavy atom. The molecule has 0 atom stereocenters. The lowest BCUT2D eigenvalue weighted by atomic mass is 9.82. The first kappa shape index (κ1) is 15.0. The molecule has 0 bridgehead atoms. The molecule has 0 saturated carbocycles. The van der Waals surface area contributed by atoms with Gasteiger partial charge in [-0.05, 0) is 40.3 Å². The molecule has 0 fully saturated rings. The van der Waals surface area contributed by atoms with Crippen molar-refractivity contribution in [1.29, 1.82) is 0 Å². The van der Waals surface area contributed by atoms with Crippen LogP contribution in [0.5, 0.6) is 0 Å². The van der Waals surface area contributed by atoms with Gasteiger partial charge < -0.3 is 0 Å². The second-order valence-electron chi connectivity index (χ2n) is 7.22. The molecule has 0 N–H and O–H groups in total. The standard InChI is InChI=1S/C24H22/c1-17-8-10-18(11-9-17)12-13-19-14-15-21-20-6-4-5-7-22(20)24(2,3)23(21)16-19/h4-16H,1-3H3/b13-12+. The van der Waals surface area contributed by atoms with Crippen LogP contribution in [0, 0.1) is 6.92 Å². The maximum Gasteiger partial charge on any atom is 0.0159 e. The second-order valence-corrected chi connectivity index (χ2v) is 7.22. The van der Waals surface area contributed by atoms with E-state index in [1.54, 1.807) is 0 Å². The molecule has 24 heavy (non-hydrogen) atoms. The number of aryl methyl sites for hydroxylation is 1. The minimum Gasteiger partial charge on any atom is -0.0619 e. The molecule has 0 nitrogen and oxygen atoms in total. The molecule has 0 heterocycles. The molecule has 0 radical (unpaired) electrons. The van der Waals surface area contributed by atoms with Gasteiger partial charge in [-0.3, -0.25) is 0 Å². The van der Waals surface area contributed by atoms with Gasteiger partial charge in [0.15, 0.2) is 0 Å². The summed E-state index contributed by atoms with van der Waals surface area (Å²) in [4.78, 5) is 0. The Morgan fingerprint density at radius 3 is 2.08 bits per heavy atom. The summed E-state index contributed by atoms with van der Waals surface area (Å²) in [7, 11) is 0. The second kappa shape index (κ2) is 5.49. The van der Waals surface area contributed by atoms with Gasteiger partial charge in [0.05, 0.1) is 0 Å². The Hall–Kier alpha value is -2.60. The minimum atomic E-state index is 0.0691. The van der Waals surface area contributed by atoms with Crippen LogP contribution in [0.4, 0.5) is 0 Å². The average molecular weight is 310 g/mol. The lowest BCUT2D eigenvalue weighted by molar-refractivity contribution is 0.660. The van der Waals surface area contributed by atoms with Crippen molar-refractivity contribution in [3.05, 3.63) is 94.5 Å². The van der Waals surface area contributed by atoms with Crippen LogP contribution < -0.4 is 0 Å². The molecule has 0 amide bonds. The summed E-state index contributed by atoms with van der Waals surface area (Å²) in [6, 6.07) is 24.3. The molecule has 0 heteroatoms. The topological polar surface area (TPSA) is 0 Å². The molecule has 0 aliphatic heterocycles. The zero-order valence-corrected chi connectivity index (χ0v) is 14.5. The van der Waals surface area contributed by atoms with Crippen molar-refractivity contribution >= 4 is 12.2 Å². The summed E-state index contributed by atoms with van der Waals surface area (Å²) in [6.45, 7) is 6.77. The highest BCUT2D eigenvalue weighted by atomic mass is 14.4. The molecular formula is C24H22. The van der Waals surface area contributed by atoms with Crippen LogP contribution in [0.1, 0.15) is 41.7 Å². The molecule has 3 aromatic rings. The third-order valence-electron chi connectivity index (χ3n) is 5.15. The van der Waals surface area contributed by atoms with Gasteiger partial charge in [0.25, 0.3) is 0 Å². The number of hydrogen-bond donors (Lipinski definition) is 0. The van der Waals surface area contributed by atoms with Crippen LogP contribution in [-0.2, 0) is 5.41 Å². The maximum absolute atomic E-state index is 2.35. The molecule has 1 aliphatic carbocycles. The highest BCUT2D eigenvalue weighted by molar-refractivity contribution is 5.82. The minimum absolute atomic E-state index is 0.0691. The van der Waals surface area contributed by atoms with Crippen molar-refractivity contribution in [2.45, 2.75) is 26.2 Å². The Labute approximate surface area is 144 Å². The molecule has 0 spiro atoms. The van der Waals surface area contributed by atoms with Crippen molar-refractivity contribution < 1.29 is 0 Å². The Morgan fingerprint density at radius 1 is 0.667 bits per heavy atom. The lowest BCUT2D eigenvalue weighted by Gasteiger charge is -2.21. The van der Waals surface area contributed by atoms with E-state index in [1.165, 1.54) is 38.9 Å². The summed E-state index contributed by atoms with van der Waals surface area (Å²) in [6.07, 6.45) is 4.40. The van der Waals surface area contributed by atoms with Gasteiger partial charge in [-0.25, -0.2) is 0 Å². The van der Waals surface area contributed by atoms with Crippen LogP contribution in [0.15, 0.2) is 66.7 Å². The smallest absolute Gasteiger partial charge is 0.0159 e. The normalized spacial score (nSPS) is 14.6. The van der Waals surface area contributed by atoms with Crippen LogP contribution in [0.2, 0.25) is 0 Å². The van der Waals surface area contributed by atoms with E-state index < -0.39 is 0 Å². The third kappa shape index (κ3) is 2.39. The first-order valence-corrected chi connectivity index (χ1v) is 8.55. The van der Waals surface area contributed by atoms with Crippen LogP contribution >= 0.6 is 0 Å². The van der Waals surface area contributed by atoms with Crippen molar-refractivity contribution in [1.82, 2.24) is 0 Å². The summed E-state index contributed by atoms with van der Waals surface area (Å²) < 4.78 is 0. The lowest BCUT2D eigenvalue weighted by Crippen LogP contribution is -2.14. The van der Waals surface area contributed by atoms with E-state index in [1.807, 2.05) is 0 Å². The predicted molar refractivity (Wildman–Crippen MR) is 104 cm³/mol. The summed E-state index contributed by atoms with van der Waals surface area (Å²) in [5, 5.41) is 0. The summed E-state index contributed by atoms with van der Waals surface area (Å²) in [5.41, 5.74) is 9.48. The average Bonchev–Trinajstić information content (AvgIpc) is 2.83. The number of rotatable bonds is 2. The van der Waals surface area contributed by atoms with E-state index in [0.717, 1.165) is 0 Å². The van der Waals surface area contributed by atoms with Gasteiger partial charge in [0.1, 0.15) is 0 Å². The summed E-state index contributed by atoms with van der Waals surface area (Å²) >= 11 is 0. The molecule has 3 aromatic carbocycles. The quantitative estimate of drug-likeness (QED) is 0.476. The van der Waals surface area contributed by atoms with Gasteiger partial charge in [0, 0.05) is 5.41 Å². The zero-order valence-electron chi connectivity index (χ0n) is 14.5. The monoisotopic (exact) mass is 310 g/mol. The third-order valence-corrected chi connectivity index (χ3v) is 5.15. The largest absolute Gasteiger partial charge is 0.0619 e. The number of fused-ring (bicyclic) bond motifs is 3. The maximum atomic E-state index is 2.35. The molecule has 1 aliphatic rings. The molecule has 0 unspecified atom stereocenters. The Kier molecular flexibility index (Phi) is 3.42. The molecular weight excluding hydrogens is 288 g/mol. The molecule has 0 aromatic heterocycles. The van der Waals surface area contributed by atoms with E-state index in [9.17, 15) is 0 Å². The summed E-state index contributed by atoms with van der Waals surface area (Å²) in [5.74, 6) is 0. The van der Waals surface area contributed by atoms with Crippen LogP contribution in [0.25, 0.3) is 23.3 Å². The highest BCUT2D eigenvalue weighted by Gasteiger charge is 2.34. The highest BCUT2D eigenvalue weighted by Crippen LogP contribution is 2.48.